The number of fused-ring (bicyclic) bond motifs is 1. The van der Waals surface area contributed by atoms with Gasteiger partial charge in [0, 0.05) is 20.9 Å². The van der Waals surface area contributed by atoms with Crippen LogP contribution in [0.5, 0.6) is 0 Å². The summed E-state index contributed by atoms with van der Waals surface area (Å²) >= 11 is 3.43. The molecule has 0 aromatic heterocycles. The first kappa shape index (κ1) is 17.3. The van der Waals surface area contributed by atoms with E-state index in [4.69, 9.17) is 0 Å². The Balaban J connectivity index is 1.67. The van der Waals surface area contributed by atoms with Gasteiger partial charge in [-0.05, 0) is 37.3 Å². The largest absolute Gasteiger partial charge is 0.310 e. The van der Waals surface area contributed by atoms with Gasteiger partial charge in [-0.2, -0.15) is 0 Å². The molecular weight excluding hydrogens is 358 g/mol. The number of carbonyl (C=O) groups excluding carboxylic acids is 1. The second-order valence-electron chi connectivity index (χ2n) is 6.26. The first-order valence-corrected chi connectivity index (χ1v) is 10.3. The standard InChI is InChI=1S/C22H19NOS2/c1-22(26-18-12-6-3-7-13-18)20-15-9-8-14-19(20)21(24)23(22)16-25-17-10-4-2-5-11-17/h2-15H,16H2,1H3. The van der Waals surface area contributed by atoms with Gasteiger partial charge >= 0.3 is 0 Å². The summed E-state index contributed by atoms with van der Waals surface area (Å²) < 4.78 is 0. The van der Waals surface area contributed by atoms with Crippen LogP contribution in [0.3, 0.4) is 0 Å². The molecule has 1 aliphatic heterocycles. The molecule has 1 unspecified atom stereocenters. The molecule has 4 heteroatoms. The van der Waals surface area contributed by atoms with Gasteiger partial charge in [0.2, 0.25) is 0 Å². The normalized spacial score (nSPS) is 18.8. The van der Waals surface area contributed by atoms with Gasteiger partial charge in [0.15, 0.2) is 0 Å². The third kappa shape index (κ3) is 3.15. The Kier molecular flexibility index (Phi) is 4.79. The molecule has 0 aliphatic carbocycles. The second-order valence-corrected chi connectivity index (χ2v) is 8.75. The molecule has 0 spiro atoms. The van der Waals surface area contributed by atoms with Crippen LogP contribution < -0.4 is 0 Å². The lowest BCUT2D eigenvalue weighted by atomic mass is 10.1. The van der Waals surface area contributed by atoms with Gasteiger partial charge in [-0.25, -0.2) is 0 Å². The van der Waals surface area contributed by atoms with E-state index in [1.807, 2.05) is 59.5 Å². The molecule has 130 valence electrons. The van der Waals surface area contributed by atoms with Crippen molar-refractivity contribution in [3.63, 3.8) is 0 Å². The maximum absolute atomic E-state index is 13.1. The minimum atomic E-state index is -0.420. The summed E-state index contributed by atoms with van der Waals surface area (Å²) in [5.74, 6) is 0.725. The molecule has 26 heavy (non-hydrogen) atoms. The Bertz CT molecular complexity index is 914. The SMILES string of the molecule is CC1(Sc2ccccc2)c2ccccc2C(=O)N1CSc1ccccc1. The third-order valence-electron chi connectivity index (χ3n) is 4.58. The van der Waals surface area contributed by atoms with Gasteiger partial charge in [-0.15, -0.1) is 11.8 Å². The number of rotatable bonds is 5. The average molecular weight is 378 g/mol. The van der Waals surface area contributed by atoms with Crippen LogP contribution in [0.1, 0.15) is 22.8 Å². The van der Waals surface area contributed by atoms with Crippen molar-refractivity contribution in [2.75, 3.05) is 5.88 Å². The van der Waals surface area contributed by atoms with Gasteiger partial charge < -0.3 is 4.90 Å². The number of thioether (sulfide) groups is 2. The van der Waals surface area contributed by atoms with Crippen molar-refractivity contribution in [1.82, 2.24) is 4.90 Å². The topological polar surface area (TPSA) is 20.3 Å². The molecule has 3 aromatic rings. The predicted octanol–water partition coefficient (Wildman–Crippen LogP) is 5.86. The van der Waals surface area contributed by atoms with Gasteiger partial charge in [0.05, 0.1) is 5.88 Å². The lowest BCUT2D eigenvalue weighted by Crippen LogP contribution is -2.38. The second kappa shape index (κ2) is 7.22. The molecule has 0 bridgehead atoms. The van der Waals surface area contributed by atoms with Crippen molar-refractivity contribution in [3.8, 4) is 0 Å². The molecule has 4 rings (SSSR count). The number of hydrogen-bond acceptors (Lipinski definition) is 3. The van der Waals surface area contributed by atoms with Gasteiger partial charge in [0.1, 0.15) is 4.87 Å². The predicted molar refractivity (Wildman–Crippen MR) is 109 cm³/mol. The summed E-state index contributed by atoms with van der Waals surface area (Å²) in [6, 6.07) is 28.5. The Morgan fingerprint density at radius 3 is 2.08 bits per heavy atom. The van der Waals surface area contributed by atoms with E-state index < -0.39 is 4.87 Å². The monoisotopic (exact) mass is 377 g/mol. The lowest BCUT2D eigenvalue weighted by Gasteiger charge is -2.35. The van der Waals surface area contributed by atoms with Crippen LogP contribution in [0.2, 0.25) is 0 Å². The first-order chi connectivity index (χ1) is 12.7. The fourth-order valence-electron chi connectivity index (χ4n) is 3.22. The zero-order chi connectivity index (χ0) is 18.0. The number of amides is 1. The maximum atomic E-state index is 13.1. The zero-order valence-electron chi connectivity index (χ0n) is 14.5. The number of carbonyl (C=O) groups is 1. The Morgan fingerprint density at radius 2 is 1.38 bits per heavy atom. The van der Waals surface area contributed by atoms with Crippen LogP contribution in [0.4, 0.5) is 0 Å². The number of benzene rings is 3. The number of nitrogens with zero attached hydrogens (tertiary/aromatic N) is 1. The summed E-state index contributed by atoms with van der Waals surface area (Å²) in [5.41, 5.74) is 1.90. The first-order valence-electron chi connectivity index (χ1n) is 8.52. The Morgan fingerprint density at radius 1 is 0.808 bits per heavy atom. The van der Waals surface area contributed by atoms with E-state index in [0.29, 0.717) is 5.88 Å². The highest BCUT2D eigenvalue weighted by atomic mass is 32.2. The van der Waals surface area contributed by atoms with E-state index in [2.05, 4.69) is 37.3 Å². The van der Waals surface area contributed by atoms with Gasteiger partial charge in [0.25, 0.3) is 5.91 Å². The van der Waals surface area contributed by atoms with Crippen LogP contribution in [-0.2, 0) is 4.87 Å². The maximum Gasteiger partial charge on any atom is 0.256 e. The van der Waals surface area contributed by atoms with Crippen LogP contribution in [0.15, 0.2) is 94.7 Å². The van der Waals surface area contributed by atoms with Crippen molar-refractivity contribution in [1.29, 1.82) is 0 Å². The van der Waals surface area contributed by atoms with E-state index in [-0.39, 0.29) is 5.91 Å². The molecule has 1 amide bonds. The summed E-state index contributed by atoms with van der Waals surface area (Å²) in [6.07, 6.45) is 0. The minimum absolute atomic E-state index is 0.106. The van der Waals surface area contributed by atoms with Crippen LogP contribution in [0.25, 0.3) is 0 Å². The molecule has 0 N–H and O–H groups in total. The minimum Gasteiger partial charge on any atom is -0.310 e. The summed E-state index contributed by atoms with van der Waals surface area (Å²) in [4.78, 5) is 17.0. The highest BCUT2D eigenvalue weighted by molar-refractivity contribution is 8.00. The van der Waals surface area contributed by atoms with Crippen molar-refractivity contribution in [3.05, 3.63) is 96.1 Å². The third-order valence-corrected chi connectivity index (χ3v) is 6.92. The van der Waals surface area contributed by atoms with E-state index in [0.717, 1.165) is 16.0 Å². The highest BCUT2D eigenvalue weighted by Gasteiger charge is 2.46. The summed E-state index contributed by atoms with van der Waals surface area (Å²) in [7, 11) is 0. The quantitative estimate of drug-likeness (QED) is 0.520. The summed E-state index contributed by atoms with van der Waals surface area (Å²) in [5, 5.41) is 0. The fraction of sp³-hybridized carbons (Fsp3) is 0.136. The average Bonchev–Trinajstić information content (AvgIpc) is 2.89. The zero-order valence-corrected chi connectivity index (χ0v) is 16.1. The molecule has 1 atom stereocenters. The van der Waals surface area contributed by atoms with Crippen molar-refractivity contribution >= 4 is 29.4 Å². The lowest BCUT2D eigenvalue weighted by molar-refractivity contribution is 0.0749. The molecule has 1 aliphatic rings. The van der Waals surface area contributed by atoms with E-state index in [1.165, 1.54) is 4.90 Å². The molecule has 1 heterocycles. The van der Waals surface area contributed by atoms with Gasteiger partial charge in [-0.1, -0.05) is 66.4 Å². The molecule has 2 nitrogen and oxygen atoms in total. The van der Waals surface area contributed by atoms with Crippen molar-refractivity contribution < 1.29 is 4.79 Å². The smallest absolute Gasteiger partial charge is 0.256 e. The van der Waals surface area contributed by atoms with E-state index in [1.54, 1.807) is 23.5 Å². The Labute approximate surface area is 162 Å². The molecular formula is C22H19NOS2. The van der Waals surface area contributed by atoms with Crippen LogP contribution >= 0.6 is 23.5 Å². The highest BCUT2D eigenvalue weighted by Crippen LogP contribution is 2.50. The fourth-order valence-corrected chi connectivity index (χ4v) is 5.61. The molecule has 0 saturated heterocycles. The molecule has 0 fully saturated rings. The molecule has 3 aromatic carbocycles. The summed E-state index contributed by atoms with van der Waals surface area (Å²) in [6.45, 7) is 2.15. The Hall–Kier alpha value is -2.17. The van der Waals surface area contributed by atoms with E-state index in [9.17, 15) is 4.79 Å². The number of hydrogen-bond donors (Lipinski definition) is 0. The van der Waals surface area contributed by atoms with Crippen LogP contribution in [0, 0.1) is 0 Å². The van der Waals surface area contributed by atoms with Gasteiger partial charge in [-0.3, -0.25) is 4.79 Å². The van der Waals surface area contributed by atoms with Crippen LogP contribution in [-0.4, -0.2) is 16.7 Å². The van der Waals surface area contributed by atoms with Crippen molar-refractivity contribution in [2.24, 2.45) is 0 Å². The molecule has 0 radical (unpaired) electrons. The van der Waals surface area contributed by atoms with Crippen molar-refractivity contribution in [2.45, 2.75) is 21.6 Å². The van der Waals surface area contributed by atoms with E-state index >= 15 is 0 Å². The molecule has 0 saturated carbocycles.